The molecule has 2 aromatic carbocycles. The quantitative estimate of drug-likeness (QED) is 0.881. The molecule has 0 atom stereocenters. The van der Waals surface area contributed by atoms with Crippen molar-refractivity contribution >= 4 is 0 Å². The fourth-order valence-corrected chi connectivity index (χ4v) is 1.70. The number of benzene rings is 2. The third-order valence-electron chi connectivity index (χ3n) is 2.63. The molecule has 0 aliphatic rings. The first kappa shape index (κ1) is 11.6. The number of halogens is 1. The molecule has 88 valence electrons. The highest BCUT2D eigenvalue weighted by molar-refractivity contribution is 5.66. The van der Waals surface area contributed by atoms with E-state index in [0.717, 1.165) is 16.7 Å². The molecule has 0 aliphatic carbocycles. The van der Waals surface area contributed by atoms with Gasteiger partial charge in [-0.05, 0) is 29.3 Å². The second-order valence-electron chi connectivity index (χ2n) is 3.69. The van der Waals surface area contributed by atoms with Gasteiger partial charge in [0, 0.05) is 5.56 Å². The van der Waals surface area contributed by atoms with Crippen LogP contribution >= 0.6 is 0 Å². The van der Waals surface area contributed by atoms with Crippen molar-refractivity contribution < 1.29 is 14.2 Å². The Morgan fingerprint density at radius 3 is 2.29 bits per heavy atom. The summed E-state index contributed by atoms with van der Waals surface area (Å²) in [4.78, 5) is 0. The zero-order chi connectivity index (χ0) is 12.3. The summed E-state index contributed by atoms with van der Waals surface area (Å²) >= 11 is 0. The SMILES string of the molecule is COc1cc(-c2ccc(F)cc2)ccc1CO. The first-order valence-corrected chi connectivity index (χ1v) is 5.28. The summed E-state index contributed by atoms with van der Waals surface area (Å²) in [5.74, 6) is 0.377. The Labute approximate surface area is 99.3 Å². The Balaban J connectivity index is 2.42. The van der Waals surface area contributed by atoms with E-state index in [1.807, 2.05) is 12.1 Å². The molecule has 2 rings (SSSR count). The lowest BCUT2D eigenvalue weighted by molar-refractivity contribution is 0.274. The topological polar surface area (TPSA) is 29.5 Å². The number of hydrogen-bond acceptors (Lipinski definition) is 2. The van der Waals surface area contributed by atoms with Crippen LogP contribution in [-0.4, -0.2) is 12.2 Å². The second kappa shape index (κ2) is 4.97. The molecule has 2 nitrogen and oxygen atoms in total. The molecule has 0 fully saturated rings. The van der Waals surface area contributed by atoms with Gasteiger partial charge in [-0.2, -0.15) is 0 Å². The first-order valence-electron chi connectivity index (χ1n) is 5.28. The molecule has 0 unspecified atom stereocenters. The normalized spacial score (nSPS) is 10.3. The van der Waals surface area contributed by atoms with Crippen LogP contribution in [0.25, 0.3) is 11.1 Å². The second-order valence-corrected chi connectivity index (χ2v) is 3.69. The van der Waals surface area contributed by atoms with Crippen LogP contribution in [0.4, 0.5) is 4.39 Å². The maximum absolute atomic E-state index is 12.8. The molecular weight excluding hydrogens is 219 g/mol. The average Bonchev–Trinajstić information content (AvgIpc) is 2.39. The molecule has 0 saturated heterocycles. The van der Waals surface area contributed by atoms with Crippen LogP contribution in [0.1, 0.15) is 5.56 Å². The van der Waals surface area contributed by atoms with Crippen LogP contribution in [0.15, 0.2) is 42.5 Å². The third kappa shape index (κ3) is 2.45. The van der Waals surface area contributed by atoms with Gasteiger partial charge in [-0.15, -0.1) is 0 Å². The van der Waals surface area contributed by atoms with E-state index in [1.165, 1.54) is 12.1 Å². The van der Waals surface area contributed by atoms with Crippen LogP contribution in [-0.2, 0) is 6.61 Å². The highest BCUT2D eigenvalue weighted by atomic mass is 19.1. The van der Waals surface area contributed by atoms with Crippen molar-refractivity contribution in [3.05, 3.63) is 53.8 Å². The predicted molar refractivity (Wildman–Crippen MR) is 64.3 cm³/mol. The van der Waals surface area contributed by atoms with Crippen molar-refractivity contribution in [1.29, 1.82) is 0 Å². The smallest absolute Gasteiger partial charge is 0.124 e. The predicted octanol–water partition coefficient (Wildman–Crippen LogP) is 2.99. The lowest BCUT2D eigenvalue weighted by atomic mass is 10.0. The fraction of sp³-hybridized carbons (Fsp3) is 0.143. The molecule has 0 heterocycles. The van der Waals surface area contributed by atoms with Gasteiger partial charge in [0.1, 0.15) is 11.6 Å². The van der Waals surface area contributed by atoms with Gasteiger partial charge in [0.15, 0.2) is 0 Å². The molecule has 1 N–H and O–H groups in total. The van der Waals surface area contributed by atoms with Gasteiger partial charge in [-0.25, -0.2) is 4.39 Å². The highest BCUT2D eigenvalue weighted by Crippen LogP contribution is 2.27. The van der Waals surface area contributed by atoms with Crippen molar-refractivity contribution in [2.45, 2.75) is 6.61 Å². The van der Waals surface area contributed by atoms with Gasteiger partial charge < -0.3 is 9.84 Å². The van der Waals surface area contributed by atoms with Crippen molar-refractivity contribution in [3.8, 4) is 16.9 Å². The van der Waals surface area contributed by atoms with E-state index in [-0.39, 0.29) is 12.4 Å². The Bertz CT molecular complexity index is 506. The Hall–Kier alpha value is -1.87. The molecule has 0 spiro atoms. The van der Waals surface area contributed by atoms with E-state index < -0.39 is 0 Å². The number of ether oxygens (including phenoxy) is 1. The molecule has 17 heavy (non-hydrogen) atoms. The zero-order valence-corrected chi connectivity index (χ0v) is 9.48. The summed E-state index contributed by atoms with van der Waals surface area (Å²) in [5.41, 5.74) is 2.58. The number of aliphatic hydroxyl groups is 1. The molecule has 3 heteroatoms. The van der Waals surface area contributed by atoms with E-state index in [1.54, 1.807) is 25.3 Å². The Morgan fingerprint density at radius 2 is 1.71 bits per heavy atom. The first-order chi connectivity index (χ1) is 8.24. The summed E-state index contributed by atoms with van der Waals surface area (Å²) in [5, 5.41) is 9.12. The minimum atomic E-state index is -0.257. The molecule has 0 saturated carbocycles. The Kier molecular flexibility index (Phi) is 3.40. The molecule has 2 aromatic rings. The number of rotatable bonds is 3. The van der Waals surface area contributed by atoms with Gasteiger partial charge in [0.05, 0.1) is 13.7 Å². The van der Waals surface area contributed by atoms with Gasteiger partial charge in [0.2, 0.25) is 0 Å². The van der Waals surface area contributed by atoms with Crippen LogP contribution in [0.3, 0.4) is 0 Å². The van der Waals surface area contributed by atoms with Crippen molar-refractivity contribution in [1.82, 2.24) is 0 Å². The maximum Gasteiger partial charge on any atom is 0.124 e. The van der Waals surface area contributed by atoms with Crippen LogP contribution in [0.5, 0.6) is 5.75 Å². The molecule has 0 radical (unpaired) electrons. The number of methoxy groups -OCH3 is 1. The maximum atomic E-state index is 12.8. The minimum absolute atomic E-state index is 0.0626. The third-order valence-corrected chi connectivity index (χ3v) is 2.63. The van der Waals surface area contributed by atoms with Gasteiger partial charge in [-0.1, -0.05) is 24.3 Å². The minimum Gasteiger partial charge on any atom is -0.496 e. The molecule has 0 amide bonds. The van der Waals surface area contributed by atoms with Crippen LogP contribution < -0.4 is 4.74 Å². The van der Waals surface area contributed by atoms with Crippen molar-refractivity contribution in [2.24, 2.45) is 0 Å². The van der Waals surface area contributed by atoms with E-state index >= 15 is 0 Å². The lowest BCUT2D eigenvalue weighted by Gasteiger charge is -2.09. The van der Waals surface area contributed by atoms with Gasteiger partial charge in [-0.3, -0.25) is 0 Å². The van der Waals surface area contributed by atoms with E-state index in [4.69, 9.17) is 9.84 Å². The standard InChI is InChI=1S/C14H13FO2/c1-17-14-8-11(2-3-12(14)9-16)10-4-6-13(15)7-5-10/h2-8,16H,9H2,1H3. The Morgan fingerprint density at radius 1 is 1.06 bits per heavy atom. The molecule has 0 bridgehead atoms. The molecular formula is C14H13FO2. The summed E-state index contributed by atoms with van der Waals surface area (Å²) < 4.78 is 18.0. The monoisotopic (exact) mass is 232 g/mol. The van der Waals surface area contributed by atoms with Gasteiger partial charge in [0.25, 0.3) is 0 Å². The largest absolute Gasteiger partial charge is 0.496 e. The van der Waals surface area contributed by atoms with E-state index in [2.05, 4.69) is 0 Å². The summed E-state index contributed by atoms with van der Waals surface area (Å²) in [6.07, 6.45) is 0. The molecule has 0 aliphatic heterocycles. The summed E-state index contributed by atoms with van der Waals surface area (Å²) in [7, 11) is 1.56. The van der Waals surface area contributed by atoms with Crippen molar-refractivity contribution in [3.63, 3.8) is 0 Å². The van der Waals surface area contributed by atoms with Gasteiger partial charge >= 0.3 is 0 Å². The highest BCUT2D eigenvalue weighted by Gasteiger charge is 2.05. The number of aliphatic hydroxyl groups excluding tert-OH is 1. The van der Waals surface area contributed by atoms with Crippen LogP contribution in [0.2, 0.25) is 0 Å². The summed E-state index contributed by atoms with van der Waals surface area (Å²) in [6.45, 7) is -0.0626. The van der Waals surface area contributed by atoms with E-state index in [9.17, 15) is 4.39 Å². The number of hydrogen-bond donors (Lipinski definition) is 1. The van der Waals surface area contributed by atoms with Crippen molar-refractivity contribution in [2.75, 3.05) is 7.11 Å². The fourth-order valence-electron chi connectivity index (χ4n) is 1.70. The lowest BCUT2D eigenvalue weighted by Crippen LogP contribution is -1.92. The summed E-state index contributed by atoms with van der Waals surface area (Å²) in [6, 6.07) is 11.8. The van der Waals surface area contributed by atoms with E-state index in [0.29, 0.717) is 5.75 Å². The zero-order valence-electron chi connectivity index (χ0n) is 9.48. The average molecular weight is 232 g/mol. The molecule has 0 aromatic heterocycles. The van der Waals surface area contributed by atoms with Crippen LogP contribution in [0, 0.1) is 5.82 Å².